The minimum atomic E-state index is 0.895. The number of nitrogens with zero attached hydrogens (tertiary/aromatic N) is 3. The lowest BCUT2D eigenvalue weighted by Crippen LogP contribution is -2.13. The van der Waals surface area contributed by atoms with Crippen molar-refractivity contribution in [1.29, 1.82) is 0 Å². The molecule has 6 aromatic rings. The molecule has 2 aromatic heterocycles. The third kappa shape index (κ3) is 3.39. The van der Waals surface area contributed by atoms with E-state index in [-0.39, 0.29) is 0 Å². The first-order valence-corrected chi connectivity index (χ1v) is 11.4. The number of hydrogen-bond acceptors (Lipinski definition) is 3. The molecule has 0 fully saturated rings. The van der Waals surface area contributed by atoms with Gasteiger partial charge in [-0.2, -0.15) is 0 Å². The molecule has 3 heteroatoms. The van der Waals surface area contributed by atoms with Crippen molar-refractivity contribution in [2.24, 2.45) is 0 Å². The second-order valence-electron chi connectivity index (χ2n) is 8.34. The molecule has 0 bridgehead atoms. The van der Waals surface area contributed by atoms with Crippen molar-refractivity contribution in [3.63, 3.8) is 0 Å². The Labute approximate surface area is 199 Å². The fourth-order valence-electron chi connectivity index (χ4n) is 4.74. The smallest absolute Gasteiger partial charge is 0.137 e. The van der Waals surface area contributed by atoms with Gasteiger partial charge >= 0.3 is 0 Å². The Morgan fingerprint density at radius 3 is 1.79 bits per heavy atom. The maximum absolute atomic E-state index is 4.93. The zero-order valence-corrected chi connectivity index (χ0v) is 18.9. The van der Waals surface area contributed by atoms with Gasteiger partial charge < -0.3 is 0 Å². The summed E-state index contributed by atoms with van der Waals surface area (Å²) < 4.78 is 0. The molecule has 0 aliphatic rings. The van der Waals surface area contributed by atoms with Crippen molar-refractivity contribution in [3.8, 4) is 11.3 Å². The molecule has 0 unspecified atom stereocenters. The Morgan fingerprint density at radius 1 is 0.559 bits per heavy atom. The number of hydrogen-bond donors (Lipinski definition) is 0. The van der Waals surface area contributed by atoms with Gasteiger partial charge in [0.1, 0.15) is 5.82 Å². The summed E-state index contributed by atoms with van der Waals surface area (Å²) in [5.41, 5.74) is 5.30. The number of anilines is 3. The first kappa shape index (κ1) is 20.1. The van der Waals surface area contributed by atoms with E-state index >= 15 is 0 Å². The second kappa shape index (κ2) is 8.45. The average molecular weight is 438 g/mol. The summed E-state index contributed by atoms with van der Waals surface area (Å²) in [7, 11) is 0. The van der Waals surface area contributed by atoms with Gasteiger partial charge in [-0.15, -0.1) is 0 Å². The molecule has 6 rings (SSSR count). The maximum Gasteiger partial charge on any atom is 0.137 e. The lowest BCUT2D eigenvalue weighted by Gasteiger charge is -2.28. The molecule has 3 nitrogen and oxygen atoms in total. The van der Waals surface area contributed by atoms with Gasteiger partial charge in [-0.05, 0) is 54.1 Å². The van der Waals surface area contributed by atoms with Gasteiger partial charge in [0.15, 0.2) is 0 Å². The van der Waals surface area contributed by atoms with Crippen LogP contribution in [0.4, 0.5) is 17.2 Å². The number of aromatic nitrogens is 2. The highest BCUT2D eigenvalue weighted by molar-refractivity contribution is 6.21. The molecule has 0 atom stereocenters. The maximum atomic E-state index is 4.93. The molecule has 0 amide bonds. The van der Waals surface area contributed by atoms with Crippen molar-refractivity contribution >= 4 is 38.7 Å². The van der Waals surface area contributed by atoms with Gasteiger partial charge in [0.2, 0.25) is 0 Å². The van der Waals surface area contributed by atoms with E-state index < -0.39 is 0 Å². The largest absolute Gasteiger partial charge is 0.294 e. The third-order valence-corrected chi connectivity index (χ3v) is 6.16. The van der Waals surface area contributed by atoms with Crippen LogP contribution in [0.3, 0.4) is 0 Å². The van der Waals surface area contributed by atoms with Crippen molar-refractivity contribution in [2.45, 2.75) is 6.92 Å². The van der Waals surface area contributed by atoms with Gasteiger partial charge in [0, 0.05) is 33.9 Å². The molecule has 0 aliphatic heterocycles. The quantitative estimate of drug-likeness (QED) is 0.260. The van der Waals surface area contributed by atoms with Crippen LogP contribution in [-0.2, 0) is 0 Å². The van der Waals surface area contributed by atoms with Crippen LogP contribution in [0.15, 0.2) is 121 Å². The number of benzene rings is 4. The molecule has 0 saturated heterocycles. The van der Waals surface area contributed by atoms with E-state index in [0.717, 1.165) is 44.9 Å². The average Bonchev–Trinajstić information content (AvgIpc) is 2.90. The van der Waals surface area contributed by atoms with E-state index in [9.17, 15) is 0 Å². The van der Waals surface area contributed by atoms with Crippen LogP contribution in [0.5, 0.6) is 0 Å². The van der Waals surface area contributed by atoms with Gasteiger partial charge in [0.05, 0.1) is 11.4 Å². The summed E-state index contributed by atoms with van der Waals surface area (Å²) in [4.78, 5) is 11.9. The number of fused-ring (bicyclic) bond motifs is 2. The van der Waals surface area contributed by atoms with E-state index in [1.807, 2.05) is 37.4 Å². The van der Waals surface area contributed by atoms with Crippen molar-refractivity contribution < 1.29 is 0 Å². The molecule has 2 heterocycles. The predicted octanol–water partition coefficient (Wildman–Crippen LogP) is 8.23. The minimum absolute atomic E-state index is 0.895. The van der Waals surface area contributed by atoms with Crippen LogP contribution < -0.4 is 4.90 Å². The highest BCUT2D eigenvalue weighted by Crippen LogP contribution is 2.47. The van der Waals surface area contributed by atoms with Crippen molar-refractivity contribution in [1.82, 2.24) is 9.97 Å². The molecule has 0 saturated carbocycles. The fourth-order valence-corrected chi connectivity index (χ4v) is 4.74. The standard InChI is InChI=1S/C31H23N3/c1-22-12-11-20-29(33-22)34(23-13-3-2-4-14-23)31-26-17-7-5-15-24(26)30(28-19-9-10-21-32-28)25-16-6-8-18-27(25)31/h2-21H,1H3. The van der Waals surface area contributed by atoms with Gasteiger partial charge in [-0.3, -0.25) is 9.88 Å². The number of pyridine rings is 2. The predicted molar refractivity (Wildman–Crippen MR) is 142 cm³/mol. The number of aryl methyl sites for hydroxylation is 1. The molecule has 4 aromatic carbocycles. The summed E-state index contributed by atoms with van der Waals surface area (Å²) in [6.07, 6.45) is 1.86. The monoisotopic (exact) mass is 437 g/mol. The van der Waals surface area contributed by atoms with Gasteiger partial charge in [-0.1, -0.05) is 78.9 Å². The number of para-hydroxylation sites is 1. The normalized spacial score (nSPS) is 11.1. The van der Waals surface area contributed by atoms with Crippen LogP contribution in [0.2, 0.25) is 0 Å². The second-order valence-corrected chi connectivity index (χ2v) is 8.34. The SMILES string of the molecule is Cc1cccc(N(c2ccccc2)c2c3ccccc3c(-c3ccccn3)c3ccccc23)n1. The van der Waals surface area contributed by atoms with E-state index in [1.165, 1.54) is 10.8 Å². The topological polar surface area (TPSA) is 29.0 Å². The first-order valence-electron chi connectivity index (χ1n) is 11.4. The van der Waals surface area contributed by atoms with Crippen LogP contribution in [0.1, 0.15) is 5.69 Å². The molecule has 0 spiro atoms. The van der Waals surface area contributed by atoms with Crippen LogP contribution in [0.25, 0.3) is 32.8 Å². The van der Waals surface area contributed by atoms with Crippen molar-refractivity contribution in [2.75, 3.05) is 4.90 Å². The molecular weight excluding hydrogens is 414 g/mol. The van der Waals surface area contributed by atoms with E-state index in [4.69, 9.17) is 9.97 Å². The Morgan fingerprint density at radius 2 is 1.18 bits per heavy atom. The Hall–Kier alpha value is -4.50. The zero-order valence-electron chi connectivity index (χ0n) is 18.9. The lowest BCUT2D eigenvalue weighted by atomic mass is 9.92. The highest BCUT2D eigenvalue weighted by Gasteiger charge is 2.22. The van der Waals surface area contributed by atoms with Crippen molar-refractivity contribution in [3.05, 3.63) is 127 Å². The summed E-state index contributed by atoms with van der Waals surface area (Å²) >= 11 is 0. The van der Waals surface area contributed by atoms with Crippen LogP contribution >= 0.6 is 0 Å². The number of rotatable bonds is 4. The van der Waals surface area contributed by atoms with E-state index in [0.29, 0.717) is 0 Å². The Balaban J connectivity index is 1.78. The van der Waals surface area contributed by atoms with Gasteiger partial charge in [-0.25, -0.2) is 4.98 Å². The van der Waals surface area contributed by atoms with Crippen LogP contribution in [-0.4, -0.2) is 9.97 Å². The van der Waals surface area contributed by atoms with Crippen LogP contribution in [0, 0.1) is 6.92 Å². The molecule has 34 heavy (non-hydrogen) atoms. The Bertz CT molecular complexity index is 1550. The molecule has 0 aliphatic carbocycles. The first-order chi connectivity index (χ1) is 16.8. The third-order valence-electron chi connectivity index (χ3n) is 6.16. The summed E-state index contributed by atoms with van der Waals surface area (Å²) in [5, 5.41) is 4.66. The highest BCUT2D eigenvalue weighted by atomic mass is 15.2. The van der Waals surface area contributed by atoms with Gasteiger partial charge in [0.25, 0.3) is 0 Å². The summed E-state index contributed by atoms with van der Waals surface area (Å²) in [5.74, 6) is 0.895. The summed E-state index contributed by atoms with van der Waals surface area (Å²) in [6, 6.07) is 40.0. The molecule has 0 radical (unpaired) electrons. The molecular formula is C31H23N3. The summed E-state index contributed by atoms with van der Waals surface area (Å²) in [6.45, 7) is 2.03. The lowest BCUT2D eigenvalue weighted by molar-refractivity contribution is 1.14. The fraction of sp³-hybridized carbons (Fsp3) is 0.0323. The molecule has 0 N–H and O–H groups in total. The minimum Gasteiger partial charge on any atom is -0.294 e. The van der Waals surface area contributed by atoms with E-state index in [2.05, 4.69) is 95.9 Å². The molecule has 162 valence electrons. The zero-order chi connectivity index (χ0) is 22.9. The Kier molecular flexibility index (Phi) is 5.00. The van der Waals surface area contributed by atoms with E-state index in [1.54, 1.807) is 0 Å².